The Kier molecular flexibility index (Phi) is 5.96. The Labute approximate surface area is 117 Å². The van der Waals surface area contributed by atoms with Gasteiger partial charge in [-0.15, -0.1) is 10.2 Å². The van der Waals surface area contributed by atoms with Crippen LogP contribution in [-0.4, -0.2) is 65.7 Å². The summed E-state index contributed by atoms with van der Waals surface area (Å²) >= 11 is 1.57. The van der Waals surface area contributed by atoms with E-state index in [1.807, 2.05) is 0 Å². The number of hydrogen-bond donors (Lipinski definition) is 2. The maximum absolute atomic E-state index is 9.98. The topological polar surface area (TPSA) is 70.5 Å². The van der Waals surface area contributed by atoms with Crippen molar-refractivity contribution in [3.05, 3.63) is 5.01 Å². The molecule has 0 aliphatic carbocycles. The molecule has 2 N–H and O–H groups in total. The summed E-state index contributed by atoms with van der Waals surface area (Å²) in [5.74, 6) is 0. The molecule has 1 atom stereocenters. The number of nitrogens with one attached hydrogen (secondary N) is 1. The number of ether oxygens (including phenoxy) is 1. The second kappa shape index (κ2) is 7.74. The van der Waals surface area contributed by atoms with Gasteiger partial charge < -0.3 is 15.2 Å². The number of morpholine rings is 1. The molecule has 0 spiro atoms. The van der Waals surface area contributed by atoms with Crippen LogP contribution in [0.2, 0.25) is 0 Å². The minimum absolute atomic E-state index is 0.392. The lowest BCUT2D eigenvalue weighted by atomic mass is 10.3. The highest BCUT2D eigenvalue weighted by Gasteiger charge is 2.15. The van der Waals surface area contributed by atoms with Crippen LogP contribution in [-0.2, 0) is 11.2 Å². The summed E-state index contributed by atoms with van der Waals surface area (Å²) < 4.78 is 5.28. The van der Waals surface area contributed by atoms with Crippen LogP contribution in [0.15, 0.2) is 0 Å². The molecule has 1 aliphatic heterocycles. The smallest absolute Gasteiger partial charge is 0.205 e. The summed E-state index contributed by atoms with van der Waals surface area (Å²) in [5.41, 5.74) is 0. The first-order valence-corrected chi connectivity index (χ1v) is 7.64. The van der Waals surface area contributed by atoms with E-state index in [0.29, 0.717) is 13.1 Å². The molecule has 19 heavy (non-hydrogen) atoms. The van der Waals surface area contributed by atoms with Crippen molar-refractivity contribution in [1.82, 2.24) is 15.1 Å². The van der Waals surface area contributed by atoms with Gasteiger partial charge in [-0.1, -0.05) is 18.3 Å². The highest BCUT2D eigenvalue weighted by Crippen LogP contribution is 2.16. The molecular formula is C12H22N4O2S. The summed E-state index contributed by atoms with van der Waals surface area (Å²) in [5, 5.41) is 23.1. The summed E-state index contributed by atoms with van der Waals surface area (Å²) in [6.45, 7) is 6.64. The number of aliphatic hydroxyl groups excluding tert-OH is 1. The molecule has 0 saturated carbocycles. The van der Waals surface area contributed by atoms with E-state index in [4.69, 9.17) is 4.74 Å². The fraction of sp³-hybridized carbons (Fsp3) is 0.833. The zero-order valence-corrected chi connectivity index (χ0v) is 12.2. The quantitative estimate of drug-likeness (QED) is 0.765. The SMILES string of the molecule is CCCc1nnc(NCC(O)CN2CCOCC2)s1. The van der Waals surface area contributed by atoms with Gasteiger partial charge in [-0.05, 0) is 6.42 Å². The lowest BCUT2D eigenvalue weighted by Gasteiger charge is -2.28. The normalized spacial score (nSPS) is 18.4. The number of nitrogens with zero attached hydrogens (tertiary/aromatic N) is 3. The lowest BCUT2D eigenvalue weighted by molar-refractivity contribution is 0.0171. The Morgan fingerprint density at radius 3 is 2.95 bits per heavy atom. The molecule has 7 heteroatoms. The zero-order chi connectivity index (χ0) is 13.5. The van der Waals surface area contributed by atoms with E-state index in [-0.39, 0.29) is 0 Å². The van der Waals surface area contributed by atoms with E-state index in [9.17, 15) is 5.11 Å². The highest BCUT2D eigenvalue weighted by molar-refractivity contribution is 7.15. The number of anilines is 1. The zero-order valence-electron chi connectivity index (χ0n) is 11.3. The maximum Gasteiger partial charge on any atom is 0.205 e. The Bertz CT molecular complexity index is 368. The number of aliphatic hydroxyl groups is 1. The van der Waals surface area contributed by atoms with E-state index in [2.05, 4.69) is 27.3 Å². The van der Waals surface area contributed by atoms with Crippen LogP contribution in [0.1, 0.15) is 18.4 Å². The second-order valence-electron chi connectivity index (χ2n) is 4.70. The van der Waals surface area contributed by atoms with Crippen LogP contribution < -0.4 is 5.32 Å². The average Bonchev–Trinajstić information content (AvgIpc) is 2.86. The molecule has 108 valence electrons. The first-order chi connectivity index (χ1) is 9.28. The Morgan fingerprint density at radius 1 is 1.42 bits per heavy atom. The van der Waals surface area contributed by atoms with Gasteiger partial charge in [0.15, 0.2) is 0 Å². The number of aryl methyl sites for hydroxylation is 1. The standard InChI is InChI=1S/C12H22N4O2S/c1-2-3-11-14-15-12(19-11)13-8-10(17)9-16-4-6-18-7-5-16/h10,17H,2-9H2,1H3,(H,13,15). The van der Waals surface area contributed by atoms with Gasteiger partial charge in [0.25, 0.3) is 0 Å². The van der Waals surface area contributed by atoms with Crippen LogP contribution in [0.4, 0.5) is 5.13 Å². The summed E-state index contributed by atoms with van der Waals surface area (Å²) in [7, 11) is 0. The maximum atomic E-state index is 9.98. The molecule has 1 saturated heterocycles. The van der Waals surface area contributed by atoms with E-state index < -0.39 is 6.10 Å². The molecule has 0 radical (unpaired) electrons. The largest absolute Gasteiger partial charge is 0.390 e. The van der Waals surface area contributed by atoms with Crippen molar-refractivity contribution in [3.8, 4) is 0 Å². The molecule has 1 unspecified atom stereocenters. The number of rotatable bonds is 7. The molecule has 0 aromatic carbocycles. The van der Waals surface area contributed by atoms with E-state index >= 15 is 0 Å². The van der Waals surface area contributed by atoms with Crippen molar-refractivity contribution in [3.63, 3.8) is 0 Å². The van der Waals surface area contributed by atoms with E-state index in [1.54, 1.807) is 11.3 Å². The third-order valence-electron chi connectivity index (χ3n) is 2.99. The minimum atomic E-state index is -0.392. The molecule has 2 rings (SSSR count). The van der Waals surface area contributed by atoms with Gasteiger partial charge in [-0.3, -0.25) is 4.90 Å². The van der Waals surface area contributed by atoms with Crippen LogP contribution in [0.25, 0.3) is 0 Å². The predicted molar refractivity (Wildman–Crippen MR) is 75.7 cm³/mol. The number of hydrogen-bond acceptors (Lipinski definition) is 7. The summed E-state index contributed by atoms with van der Waals surface area (Å²) in [6, 6.07) is 0. The molecule has 0 bridgehead atoms. The van der Waals surface area contributed by atoms with Gasteiger partial charge in [0.05, 0.1) is 19.3 Å². The first-order valence-electron chi connectivity index (χ1n) is 6.82. The van der Waals surface area contributed by atoms with Gasteiger partial charge in [-0.25, -0.2) is 0 Å². The van der Waals surface area contributed by atoms with Gasteiger partial charge >= 0.3 is 0 Å². The monoisotopic (exact) mass is 286 g/mol. The average molecular weight is 286 g/mol. The first kappa shape index (κ1) is 14.6. The van der Waals surface area contributed by atoms with E-state index in [0.717, 1.165) is 49.3 Å². The highest BCUT2D eigenvalue weighted by atomic mass is 32.1. The van der Waals surface area contributed by atoms with Gasteiger partial charge in [0.2, 0.25) is 5.13 Å². The van der Waals surface area contributed by atoms with E-state index in [1.165, 1.54) is 0 Å². The van der Waals surface area contributed by atoms with Crippen molar-refractivity contribution in [1.29, 1.82) is 0 Å². The van der Waals surface area contributed by atoms with Gasteiger partial charge in [-0.2, -0.15) is 0 Å². The summed E-state index contributed by atoms with van der Waals surface area (Å²) in [6.07, 6.45) is 1.65. The Morgan fingerprint density at radius 2 is 2.21 bits per heavy atom. The van der Waals surface area contributed by atoms with Crippen molar-refractivity contribution >= 4 is 16.5 Å². The lowest BCUT2D eigenvalue weighted by Crippen LogP contribution is -2.42. The van der Waals surface area contributed by atoms with Crippen molar-refractivity contribution < 1.29 is 9.84 Å². The molecule has 2 heterocycles. The molecule has 1 fully saturated rings. The molecular weight excluding hydrogens is 264 g/mol. The Balaban J connectivity index is 1.68. The van der Waals surface area contributed by atoms with Gasteiger partial charge in [0.1, 0.15) is 5.01 Å². The molecule has 1 aliphatic rings. The molecule has 6 nitrogen and oxygen atoms in total. The van der Waals surface area contributed by atoms with Crippen LogP contribution in [0.3, 0.4) is 0 Å². The fourth-order valence-electron chi connectivity index (χ4n) is 1.99. The minimum Gasteiger partial charge on any atom is -0.390 e. The van der Waals surface area contributed by atoms with Gasteiger partial charge in [0, 0.05) is 32.6 Å². The molecule has 1 aromatic rings. The number of aromatic nitrogens is 2. The van der Waals surface area contributed by atoms with Crippen LogP contribution in [0.5, 0.6) is 0 Å². The fourth-order valence-corrected chi connectivity index (χ4v) is 2.84. The molecule has 0 amide bonds. The second-order valence-corrected chi connectivity index (χ2v) is 5.76. The van der Waals surface area contributed by atoms with Crippen LogP contribution in [0, 0.1) is 0 Å². The molecule has 1 aromatic heterocycles. The van der Waals surface area contributed by atoms with Crippen molar-refractivity contribution in [2.45, 2.75) is 25.9 Å². The summed E-state index contributed by atoms with van der Waals surface area (Å²) in [4.78, 5) is 2.22. The third kappa shape index (κ3) is 5.02. The van der Waals surface area contributed by atoms with Crippen LogP contribution >= 0.6 is 11.3 Å². The van der Waals surface area contributed by atoms with Crippen molar-refractivity contribution in [2.75, 3.05) is 44.7 Å². The Hall–Kier alpha value is -0.760. The predicted octanol–water partition coefficient (Wildman–Crippen LogP) is 0.596. The van der Waals surface area contributed by atoms with Crippen molar-refractivity contribution in [2.24, 2.45) is 0 Å². The third-order valence-corrected chi connectivity index (χ3v) is 3.93. The number of β-amino-alcohol motifs (C(OH)–C–C–N with tert-alkyl or cyclic N) is 1.